The molecular weight excluding hydrogens is 372 g/mol. The van der Waals surface area contributed by atoms with Crippen LogP contribution in [0.2, 0.25) is 0 Å². The van der Waals surface area contributed by atoms with Gasteiger partial charge in [-0.05, 0) is 55.0 Å². The first-order chi connectivity index (χ1) is 13.6. The van der Waals surface area contributed by atoms with Crippen molar-refractivity contribution in [2.75, 3.05) is 11.1 Å². The minimum Gasteiger partial charge on any atom is -0.478 e. The molecule has 0 saturated carbocycles. The third kappa shape index (κ3) is 3.73. The minimum atomic E-state index is -1.06. The molecule has 0 fully saturated rings. The predicted octanol–water partition coefficient (Wildman–Crippen LogP) is 4.54. The molecule has 1 aliphatic carbocycles. The molecular formula is C22H20N2O3S. The van der Waals surface area contributed by atoms with Crippen LogP contribution in [0.4, 0.5) is 5.69 Å². The summed E-state index contributed by atoms with van der Waals surface area (Å²) in [6.07, 6.45) is 4.35. The topological polar surface area (TPSA) is 79.3 Å². The standard InChI is InChI=1S/C22H20N2O3S/c25-20(23-19-12-6-4-10-17(19)22(26)27)13-28-21-16-9-2-1-7-14(16)15-8-3-5-11-18(15)24-21/h3-6,8,10-12H,1-2,7,9,13H2,(H,23,25)(H,26,27). The molecule has 2 aromatic carbocycles. The molecule has 0 bridgehead atoms. The number of aryl methyl sites for hydroxylation is 1. The van der Waals surface area contributed by atoms with Crippen molar-refractivity contribution in [1.29, 1.82) is 0 Å². The van der Waals surface area contributed by atoms with Crippen molar-refractivity contribution < 1.29 is 14.7 Å². The van der Waals surface area contributed by atoms with Crippen molar-refractivity contribution >= 4 is 40.2 Å². The number of hydrogen-bond donors (Lipinski definition) is 2. The van der Waals surface area contributed by atoms with Crippen LogP contribution in [-0.2, 0) is 17.6 Å². The van der Waals surface area contributed by atoms with Gasteiger partial charge in [0.15, 0.2) is 0 Å². The molecule has 0 aliphatic heterocycles. The lowest BCUT2D eigenvalue weighted by Gasteiger charge is -2.20. The number of rotatable bonds is 5. The second kappa shape index (κ2) is 8.02. The second-order valence-electron chi connectivity index (χ2n) is 6.79. The molecule has 142 valence electrons. The summed E-state index contributed by atoms with van der Waals surface area (Å²) >= 11 is 1.42. The van der Waals surface area contributed by atoms with Crippen LogP contribution in [0.25, 0.3) is 10.9 Å². The number of carbonyl (C=O) groups is 2. The molecule has 0 unspecified atom stereocenters. The molecule has 1 aromatic heterocycles. The number of pyridine rings is 1. The van der Waals surface area contributed by atoms with Gasteiger partial charge in [-0.3, -0.25) is 4.79 Å². The highest BCUT2D eigenvalue weighted by atomic mass is 32.2. The van der Waals surface area contributed by atoms with Crippen LogP contribution in [-0.4, -0.2) is 27.7 Å². The van der Waals surface area contributed by atoms with E-state index in [2.05, 4.69) is 11.4 Å². The van der Waals surface area contributed by atoms with E-state index in [-0.39, 0.29) is 17.2 Å². The maximum Gasteiger partial charge on any atom is 0.337 e. The average Bonchev–Trinajstić information content (AvgIpc) is 2.72. The molecule has 1 heterocycles. The number of carboxylic acids is 1. The lowest BCUT2D eigenvalue weighted by molar-refractivity contribution is -0.113. The maximum atomic E-state index is 12.4. The summed E-state index contributed by atoms with van der Waals surface area (Å²) in [5.74, 6) is -1.11. The van der Waals surface area contributed by atoms with E-state index < -0.39 is 5.97 Å². The zero-order valence-corrected chi connectivity index (χ0v) is 16.1. The van der Waals surface area contributed by atoms with Gasteiger partial charge in [0.25, 0.3) is 0 Å². The number of nitrogens with one attached hydrogen (secondary N) is 1. The van der Waals surface area contributed by atoms with Gasteiger partial charge in [-0.2, -0.15) is 0 Å². The number of nitrogens with zero attached hydrogens (tertiary/aromatic N) is 1. The van der Waals surface area contributed by atoms with E-state index in [9.17, 15) is 14.7 Å². The van der Waals surface area contributed by atoms with E-state index in [1.165, 1.54) is 40.8 Å². The monoisotopic (exact) mass is 392 g/mol. The van der Waals surface area contributed by atoms with Gasteiger partial charge < -0.3 is 10.4 Å². The van der Waals surface area contributed by atoms with E-state index >= 15 is 0 Å². The summed E-state index contributed by atoms with van der Waals surface area (Å²) in [6.45, 7) is 0. The number of thioether (sulfide) groups is 1. The molecule has 1 aliphatic rings. The quantitative estimate of drug-likeness (QED) is 0.623. The fourth-order valence-electron chi connectivity index (χ4n) is 3.66. The Kier molecular flexibility index (Phi) is 5.30. The summed E-state index contributed by atoms with van der Waals surface area (Å²) < 4.78 is 0. The molecule has 2 N–H and O–H groups in total. The summed E-state index contributed by atoms with van der Waals surface area (Å²) in [7, 11) is 0. The van der Waals surface area contributed by atoms with Gasteiger partial charge in [-0.25, -0.2) is 9.78 Å². The number of carbonyl (C=O) groups excluding carboxylic acids is 1. The molecule has 28 heavy (non-hydrogen) atoms. The molecule has 5 nitrogen and oxygen atoms in total. The van der Waals surface area contributed by atoms with Gasteiger partial charge >= 0.3 is 5.97 Å². The summed E-state index contributed by atoms with van der Waals surface area (Å²) in [5.41, 5.74) is 3.98. The Balaban J connectivity index is 1.55. The van der Waals surface area contributed by atoms with Crippen LogP contribution in [0.3, 0.4) is 0 Å². The lowest BCUT2D eigenvalue weighted by Crippen LogP contribution is -2.17. The van der Waals surface area contributed by atoms with E-state index in [4.69, 9.17) is 4.98 Å². The molecule has 6 heteroatoms. The highest BCUT2D eigenvalue weighted by molar-refractivity contribution is 8.00. The van der Waals surface area contributed by atoms with Gasteiger partial charge in [-0.15, -0.1) is 0 Å². The van der Waals surface area contributed by atoms with Crippen molar-refractivity contribution in [3.8, 4) is 0 Å². The third-order valence-electron chi connectivity index (χ3n) is 4.95. The fraction of sp³-hybridized carbons (Fsp3) is 0.227. The largest absolute Gasteiger partial charge is 0.478 e. The van der Waals surface area contributed by atoms with Crippen molar-refractivity contribution in [1.82, 2.24) is 4.98 Å². The van der Waals surface area contributed by atoms with Gasteiger partial charge in [0.2, 0.25) is 5.91 Å². The number of aromatic carboxylic acids is 1. The van der Waals surface area contributed by atoms with Crippen molar-refractivity contribution in [2.24, 2.45) is 0 Å². The number of benzene rings is 2. The highest BCUT2D eigenvalue weighted by Crippen LogP contribution is 2.34. The number of para-hydroxylation sites is 2. The van der Waals surface area contributed by atoms with Crippen LogP contribution in [0, 0.1) is 0 Å². The Hall–Kier alpha value is -2.86. The molecule has 0 spiro atoms. The second-order valence-corrected chi connectivity index (χ2v) is 7.75. The first-order valence-electron chi connectivity index (χ1n) is 9.29. The molecule has 0 radical (unpaired) electrons. The Morgan fingerprint density at radius 1 is 1.00 bits per heavy atom. The molecule has 4 rings (SSSR count). The third-order valence-corrected chi connectivity index (χ3v) is 5.97. The number of carboxylic acid groups (broad SMARTS) is 1. The van der Waals surface area contributed by atoms with E-state index in [0.29, 0.717) is 5.69 Å². The zero-order chi connectivity index (χ0) is 19.5. The normalized spacial score (nSPS) is 13.1. The Labute approximate surface area is 167 Å². The lowest BCUT2D eigenvalue weighted by atomic mass is 9.90. The Bertz CT molecular complexity index is 1060. The van der Waals surface area contributed by atoms with Crippen LogP contribution in [0.1, 0.15) is 34.3 Å². The van der Waals surface area contributed by atoms with Crippen molar-refractivity contribution in [3.05, 3.63) is 65.2 Å². The molecule has 3 aromatic rings. The number of hydrogen-bond acceptors (Lipinski definition) is 4. The minimum absolute atomic E-state index is 0.0852. The molecule has 0 atom stereocenters. The van der Waals surface area contributed by atoms with E-state index in [1.54, 1.807) is 18.2 Å². The maximum absolute atomic E-state index is 12.4. The van der Waals surface area contributed by atoms with Crippen LogP contribution in [0.15, 0.2) is 53.6 Å². The number of amides is 1. The van der Waals surface area contributed by atoms with Crippen LogP contribution < -0.4 is 5.32 Å². The van der Waals surface area contributed by atoms with Gasteiger partial charge in [0, 0.05) is 5.39 Å². The van der Waals surface area contributed by atoms with Gasteiger partial charge in [0.1, 0.15) is 5.03 Å². The first-order valence-corrected chi connectivity index (χ1v) is 10.3. The van der Waals surface area contributed by atoms with E-state index in [0.717, 1.165) is 29.8 Å². The Morgan fingerprint density at radius 2 is 1.71 bits per heavy atom. The molecule has 0 saturated heterocycles. The predicted molar refractivity (Wildman–Crippen MR) is 111 cm³/mol. The van der Waals surface area contributed by atoms with E-state index in [1.807, 2.05) is 18.2 Å². The smallest absolute Gasteiger partial charge is 0.337 e. The SMILES string of the molecule is O=C(CSc1nc2ccccc2c2c1CCCC2)Nc1ccccc1C(=O)O. The van der Waals surface area contributed by atoms with Crippen LogP contribution in [0.5, 0.6) is 0 Å². The number of aromatic nitrogens is 1. The zero-order valence-electron chi connectivity index (χ0n) is 15.3. The summed E-state index contributed by atoms with van der Waals surface area (Å²) in [6, 6.07) is 14.6. The highest BCUT2D eigenvalue weighted by Gasteiger charge is 2.19. The van der Waals surface area contributed by atoms with Crippen LogP contribution >= 0.6 is 11.8 Å². The first kappa shape index (κ1) is 18.5. The summed E-state index contributed by atoms with van der Waals surface area (Å²) in [5, 5.41) is 14.1. The van der Waals surface area contributed by atoms with Gasteiger partial charge in [0.05, 0.1) is 22.5 Å². The Morgan fingerprint density at radius 3 is 2.54 bits per heavy atom. The number of anilines is 1. The van der Waals surface area contributed by atoms with Crippen molar-refractivity contribution in [2.45, 2.75) is 30.7 Å². The summed E-state index contributed by atoms with van der Waals surface area (Å²) in [4.78, 5) is 28.5. The fourth-order valence-corrected chi connectivity index (χ4v) is 4.56. The van der Waals surface area contributed by atoms with Gasteiger partial charge in [-0.1, -0.05) is 42.1 Å². The molecule has 1 amide bonds. The average molecular weight is 392 g/mol. The number of fused-ring (bicyclic) bond motifs is 3. The van der Waals surface area contributed by atoms with Crippen molar-refractivity contribution in [3.63, 3.8) is 0 Å².